The van der Waals surface area contributed by atoms with Crippen molar-refractivity contribution in [1.82, 2.24) is 0 Å². The first-order valence-corrected chi connectivity index (χ1v) is 22.3. The summed E-state index contributed by atoms with van der Waals surface area (Å²) >= 11 is 0. The van der Waals surface area contributed by atoms with Crippen molar-refractivity contribution in [1.29, 1.82) is 0 Å². The fourth-order valence-corrected chi connectivity index (χ4v) is 6.07. The summed E-state index contributed by atoms with van der Waals surface area (Å²) in [5.41, 5.74) is 1.17. The minimum Gasteiger partial charge on any atom is -0.543 e. The molecule has 0 saturated heterocycles. The topological polar surface area (TPSA) is 108 Å². The highest BCUT2D eigenvalue weighted by Gasteiger charge is 2.43. The zero-order valence-corrected chi connectivity index (χ0v) is 34.1. The minimum atomic E-state index is -2.57. The number of rotatable bonds is 12. The number of hydrogen-bond donors (Lipinski definition) is 1. The third-order valence-corrected chi connectivity index (χ3v) is 17.9. The van der Waals surface area contributed by atoms with Gasteiger partial charge in [-0.15, -0.1) is 0 Å². The van der Waals surface area contributed by atoms with Crippen molar-refractivity contribution < 1.29 is 37.8 Å². The van der Waals surface area contributed by atoms with Gasteiger partial charge in [0.25, 0.3) is 8.32 Å². The van der Waals surface area contributed by atoms with Gasteiger partial charge < -0.3 is 23.4 Å². The number of phenolic OH excluding ortho intramolecular Hbond substituents is 1. The average Bonchev–Trinajstić information content (AvgIpc) is 2.90. The lowest BCUT2D eigenvalue weighted by Crippen LogP contribution is -2.45. The van der Waals surface area contributed by atoms with Gasteiger partial charge in [0.05, 0.1) is 18.9 Å². The van der Waals surface area contributed by atoms with Gasteiger partial charge in [-0.25, -0.2) is 0 Å². The molecule has 0 heterocycles. The molecular weight excluding hydrogens is 641 g/mol. The average molecular weight is 699 g/mol. The van der Waals surface area contributed by atoms with E-state index in [9.17, 15) is 19.5 Å². The van der Waals surface area contributed by atoms with Crippen LogP contribution in [0.4, 0.5) is 0 Å². The Labute approximate surface area is 290 Å². The highest BCUT2D eigenvalue weighted by molar-refractivity contribution is 6.75. The van der Waals surface area contributed by atoms with Gasteiger partial charge in [0.15, 0.2) is 23.1 Å². The highest BCUT2D eigenvalue weighted by atomic mass is 28.4. The maximum atomic E-state index is 14.1. The summed E-state index contributed by atoms with van der Waals surface area (Å²) in [6.07, 6.45) is 1.93. The summed E-state index contributed by atoms with van der Waals surface area (Å²) < 4.78 is 24.6. The predicted octanol–water partition coefficient (Wildman–Crippen LogP) is 10.1. The van der Waals surface area contributed by atoms with Gasteiger partial charge in [-0.1, -0.05) is 53.2 Å². The molecule has 0 aliphatic rings. The van der Waals surface area contributed by atoms with Crippen LogP contribution in [0, 0.1) is 5.41 Å². The van der Waals surface area contributed by atoms with E-state index < -0.39 is 46.0 Å². The molecule has 0 aliphatic heterocycles. The molecule has 10 heteroatoms. The quantitative estimate of drug-likeness (QED) is 0.0583. The monoisotopic (exact) mass is 698 g/mol. The Morgan fingerprint density at radius 1 is 0.771 bits per heavy atom. The molecule has 0 fully saturated rings. The zero-order chi connectivity index (χ0) is 37.2. The van der Waals surface area contributed by atoms with Gasteiger partial charge in [0.2, 0.25) is 8.32 Å². The van der Waals surface area contributed by atoms with E-state index in [1.807, 2.05) is 19.9 Å². The van der Waals surface area contributed by atoms with E-state index in [0.29, 0.717) is 17.7 Å². The molecule has 1 N–H and O–H groups in total. The van der Waals surface area contributed by atoms with Crippen LogP contribution >= 0.6 is 0 Å². The van der Waals surface area contributed by atoms with E-state index in [1.165, 1.54) is 31.4 Å². The van der Waals surface area contributed by atoms with Crippen molar-refractivity contribution in [2.24, 2.45) is 5.41 Å². The van der Waals surface area contributed by atoms with Crippen LogP contribution in [0.15, 0.2) is 35.9 Å². The first kappa shape index (κ1) is 40.8. The van der Waals surface area contributed by atoms with Crippen LogP contribution in [0.1, 0.15) is 109 Å². The Morgan fingerprint density at radius 2 is 1.31 bits per heavy atom. The maximum Gasteiger partial charge on any atom is 0.316 e. The second kappa shape index (κ2) is 14.6. The number of hydrogen-bond acceptors (Lipinski definition) is 8. The summed E-state index contributed by atoms with van der Waals surface area (Å²) in [4.78, 5) is 40.2. The van der Waals surface area contributed by atoms with Crippen LogP contribution in [0.2, 0.25) is 36.3 Å². The van der Waals surface area contributed by atoms with E-state index in [0.717, 1.165) is 5.57 Å². The van der Waals surface area contributed by atoms with Crippen molar-refractivity contribution in [3.63, 3.8) is 0 Å². The van der Waals surface area contributed by atoms with Crippen LogP contribution < -0.4 is 18.3 Å². The summed E-state index contributed by atoms with van der Waals surface area (Å²) in [6, 6.07) is 5.93. The van der Waals surface area contributed by atoms with Crippen LogP contribution in [0.25, 0.3) is 0 Å². The zero-order valence-electron chi connectivity index (χ0n) is 32.1. The van der Waals surface area contributed by atoms with Gasteiger partial charge >= 0.3 is 5.97 Å². The van der Waals surface area contributed by atoms with E-state index in [4.69, 9.17) is 18.3 Å². The third-order valence-electron chi connectivity index (χ3n) is 9.27. The number of ether oxygens (including phenoxy) is 2. The molecule has 0 unspecified atom stereocenters. The van der Waals surface area contributed by atoms with Crippen molar-refractivity contribution in [2.75, 3.05) is 7.11 Å². The molecule has 0 aliphatic carbocycles. The lowest BCUT2D eigenvalue weighted by atomic mass is 9.96. The second-order valence-corrected chi connectivity index (χ2v) is 26.3. The molecular formula is C38H58O8Si2. The summed E-state index contributed by atoms with van der Waals surface area (Å²) in [5, 5.41) is 11.2. The van der Waals surface area contributed by atoms with E-state index in [-0.39, 0.29) is 44.2 Å². The van der Waals surface area contributed by atoms with Gasteiger partial charge in [-0.05, 0) is 95.5 Å². The molecule has 2 aromatic rings. The summed E-state index contributed by atoms with van der Waals surface area (Å²) in [7, 11) is -3.55. The van der Waals surface area contributed by atoms with E-state index in [2.05, 4.69) is 67.7 Å². The smallest absolute Gasteiger partial charge is 0.316 e. The second-order valence-electron chi connectivity index (χ2n) is 16.8. The van der Waals surface area contributed by atoms with Gasteiger partial charge in [0, 0.05) is 17.2 Å². The first-order valence-electron chi connectivity index (χ1n) is 16.5. The first-order chi connectivity index (χ1) is 21.6. The molecule has 266 valence electrons. The summed E-state index contributed by atoms with van der Waals surface area (Å²) in [5.74, 6) is -0.701. The summed E-state index contributed by atoms with van der Waals surface area (Å²) in [6.45, 7) is 30.4. The molecule has 0 amide bonds. The van der Waals surface area contributed by atoms with Crippen molar-refractivity contribution in [3.05, 3.63) is 52.6 Å². The number of Topliss-reactive ketones (excluding diaryl/α,β-unsaturated/α-hetero) is 2. The lowest BCUT2D eigenvalue weighted by Gasteiger charge is -2.39. The van der Waals surface area contributed by atoms with Crippen LogP contribution in [0.5, 0.6) is 28.7 Å². The minimum absolute atomic E-state index is 0.0318. The molecule has 48 heavy (non-hydrogen) atoms. The Hall–Kier alpha value is -3.38. The molecule has 2 rings (SSSR count). The normalized spacial score (nSPS) is 12.7. The predicted molar refractivity (Wildman–Crippen MR) is 198 cm³/mol. The molecule has 0 saturated carbocycles. The van der Waals surface area contributed by atoms with Crippen molar-refractivity contribution in [3.8, 4) is 28.7 Å². The molecule has 8 nitrogen and oxygen atoms in total. The van der Waals surface area contributed by atoms with Gasteiger partial charge in [-0.2, -0.15) is 0 Å². The Morgan fingerprint density at radius 3 is 1.79 bits per heavy atom. The Bertz CT molecular complexity index is 1560. The molecule has 0 radical (unpaired) electrons. The number of carbonyl (C=O) groups is 3. The fourth-order valence-electron chi connectivity index (χ4n) is 3.99. The van der Waals surface area contributed by atoms with Crippen molar-refractivity contribution in [2.45, 2.75) is 125 Å². The van der Waals surface area contributed by atoms with Crippen LogP contribution in [-0.4, -0.2) is 46.4 Å². The molecule has 0 atom stereocenters. The number of phenols is 1. The number of methoxy groups -OCH3 is 1. The van der Waals surface area contributed by atoms with Crippen LogP contribution in [0.3, 0.4) is 0 Å². The van der Waals surface area contributed by atoms with E-state index >= 15 is 0 Å². The van der Waals surface area contributed by atoms with Gasteiger partial charge in [-0.3, -0.25) is 14.4 Å². The largest absolute Gasteiger partial charge is 0.543 e. The molecule has 0 spiro atoms. The number of allylic oxidation sites excluding steroid dienone is 2. The van der Waals surface area contributed by atoms with Crippen LogP contribution in [-0.2, 0) is 11.2 Å². The number of esters is 1. The standard InChI is InChI=1S/C38H58O8Si2/c1-24(2)17-19-26-31(45-47(13,14)37(6,7)8)23-29(41)33(34(26)46-48(15,16)38(9,10)11)28(40)22-27(39)25-18-20-30(32(21-25)43-12)44-35(42)36(3,4)5/h17-18,20-21,23,41H,19,22H2,1-16H3. The third kappa shape index (κ3) is 9.84. The fraction of sp³-hybridized carbons (Fsp3) is 0.553. The number of carbonyl (C=O) groups excluding carboxylic acids is 3. The van der Waals surface area contributed by atoms with Crippen molar-refractivity contribution >= 4 is 34.2 Å². The molecule has 2 aromatic carbocycles. The van der Waals surface area contributed by atoms with E-state index in [1.54, 1.807) is 20.8 Å². The highest BCUT2D eigenvalue weighted by Crippen LogP contribution is 2.47. The lowest BCUT2D eigenvalue weighted by molar-refractivity contribution is -0.143. The Balaban J connectivity index is 2.74. The van der Waals surface area contributed by atoms with Gasteiger partial charge in [0.1, 0.15) is 22.8 Å². The molecule has 0 bridgehead atoms. The molecule has 0 aromatic heterocycles. The Kier molecular flexibility index (Phi) is 12.4. The number of benzene rings is 2. The number of aromatic hydroxyl groups is 1. The maximum absolute atomic E-state index is 14.1. The SMILES string of the molecule is COc1cc(C(=O)CC(=O)c2c(O)cc(O[Si](C)(C)C(C)(C)C)c(CC=C(C)C)c2O[Si](C)(C)C(C)(C)C)ccc1OC(=O)C(C)(C)C. The number of ketones is 2.